The Labute approximate surface area is 172 Å². The van der Waals surface area contributed by atoms with Crippen molar-refractivity contribution in [2.45, 2.75) is 11.1 Å². The lowest BCUT2D eigenvalue weighted by Gasteiger charge is -2.30. The summed E-state index contributed by atoms with van der Waals surface area (Å²) in [7, 11) is -4.01. The Bertz CT molecular complexity index is 1110. The molecule has 4 rings (SSSR count). The fraction of sp³-hybridized carbons (Fsp3) is 0.263. The first-order valence-corrected chi connectivity index (χ1v) is 10.2. The van der Waals surface area contributed by atoms with Gasteiger partial charge in [-0.3, -0.25) is 0 Å². The van der Waals surface area contributed by atoms with Crippen LogP contribution in [0.3, 0.4) is 0 Å². The Balaban J connectivity index is 0.00000240. The van der Waals surface area contributed by atoms with Crippen molar-refractivity contribution in [1.29, 1.82) is 0 Å². The zero-order valence-corrected chi connectivity index (χ0v) is 16.8. The summed E-state index contributed by atoms with van der Waals surface area (Å²) in [5.41, 5.74) is 0.557. The quantitative estimate of drug-likeness (QED) is 0.667. The van der Waals surface area contributed by atoms with Gasteiger partial charge in [0.2, 0.25) is 0 Å². The van der Waals surface area contributed by atoms with E-state index in [0.29, 0.717) is 5.52 Å². The molecule has 3 aromatic rings. The second kappa shape index (κ2) is 7.89. The van der Waals surface area contributed by atoms with E-state index in [2.05, 4.69) is 10.2 Å². The summed E-state index contributed by atoms with van der Waals surface area (Å²) in [6.45, 7) is 3.33. The van der Waals surface area contributed by atoms with Crippen molar-refractivity contribution in [3.8, 4) is 0 Å². The number of hydrogen-bond donors (Lipinski definition) is 1. The van der Waals surface area contributed by atoms with E-state index in [4.69, 9.17) is 0 Å². The van der Waals surface area contributed by atoms with Gasteiger partial charge < -0.3 is 10.2 Å². The number of benzene rings is 2. The van der Waals surface area contributed by atoms with Gasteiger partial charge in [0.25, 0.3) is 10.0 Å². The van der Waals surface area contributed by atoms with Crippen molar-refractivity contribution in [3.05, 3.63) is 60.3 Å². The predicted molar refractivity (Wildman–Crippen MR) is 108 cm³/mol. The molecule has 1 aliphatic heterocycles. The number of hydrogen-bond acceptors (Lipinski definition) is 4. The van der Waals surface area contributed by atoms with Crippen LogP contribution in [0.5, 0.6) is 0 Å². The largest absolute Gasteiger partial charge is 0.416 e. The van der Waals surface area contributed by atoms with E-state index < -0.39 is 21.8 Å². The molecule has 0 amide bonds. The van der Waals surface area contributed by atoms with E-state index in [1.165, 1.54) is 6.20 Å². The predicted octanol–water partition coefficient (Wildman–Crippen LogP) is 3.73. The highest BCUT2D eigenvalue weighted by Gasteiger charge is 2.31. The molecule has 10 heteroatoms. The molecule has 0 radical (unpaired) electrons. The SMILES string of the molecule is Cl.O=S(=O)(c1ccc(C(F)(F)F)cc1)n1ccc2c(N3CCNCC3)cccc21. The first-order valence-electron chi connectivity index (χ1n) is 8.77. The molecule has 156 valence electrons. The molecule has 1 aliphatic rings. The van der Waals surface area contributed by atoms with E-state index in [9.17, 15) is 21.6 Å². The molecule has 0 aliphatic carbocycles. The third-order valence-electron chi connectivity index (χ3n) is 4.87. The van der Waals surface area contributed by atoms with Crippen molar-refractivity contribution >= 4 is 39.0 Å². The van der Waals surface area contributed by atoms with Crippen LogP contribution in [-0.4, -0.2) is 38.6 Å². The maximum atomic E-state index is 13.0. The van der Waals surface area contributed by atoms with E-state index in [1.54, 1.807) is 18.2 Å². The van der Waals surface area contributed by atoms with Crippen LogP contribution in [0.4, 0.5) is 18.9 Å². The van der Waals surface area contributed by atoms with Gasteiger partial charge in [0.1, 0.15) is 0 Å². The monoisotopic (exact) mass is 445 g/mol. The molecule has 0 bridgehead atoms. The number of anilines is 1. The molecule has 1 N–H and O–H groups in total. The van der Waals surface area contributed by atoms with Crippen molar-refractivity contribution < 1.29 is 21.6 Å². The van der Waals surface area contributed by atoms with Crippen LogP contribution in [0.15, 0.2) is 59.6 Å². The van der Waals surface area contributed by atoms with Gasteiger partial charge in [-0.1, -0.05) is 6.07 Å². The standard InChI is InChI=1S/C19H18F3N3O2S.ClH/c20-19(21,22)14-4-6-15(7-5-14)28(26,27)25-11-8-16-17(2-1-3-18(16)25)24-12-9-23-10-13-24;/h1-8,11,23H,9-10,12-13H2;1H. The fourth-order valence-electron chi connectivity index (χ4n) is 3.45. The summed E-state index contributed by atoms with van der Waals surface area (Å²) >= 11 is 0. The Morgan fingerprint density at radius 3 is 2.21 bits per heavy atom. The zero-order chi connectivity index (χ0) is 19.9. The number of nitrogens with zero attached hydrogens (tertiary/aromatic N) is 2. The van der Waals surface area contributed by atoms with Gasteiger partial charge in [-0.05, 0) is 42.5 Å². The maximum absolute atomic E-state index is 13.0. The normalized spacial score (nSPS) is 15.3. The highest BCUT2D eigenvalue weighted by Crippen LogP contribution is 2.32. The van der Waals surface area contributed by atoms with Gasteiger partial charge in [0.15, 0.2) is 0 Å². The molecule has 2 aromatic carbocycles. The molecule has 5 nitrogen and oxygen atoms in total. The minimum Gasteiger partial charge on any atom is -0.368 e. The van der Waals surface area contributed by atoms with E-state index in [-0.39, 0.29) is 17.3 Å². The van der Waals surface area contributed by atoms with Crippen molar-refractivity contribution in [1.82, 2.24) is 9.29 Å². The molecule has 0 spiro atoms. The van der Waals surface area contributed by atoms with Crippen LogP contribution >= 0.6 is 12.4 Å². The third-order valence-corrected chi connectivity index (χ3v) is 6.57. The van der Waals surface area contributed by atoms with Gasteiger partial charge in [0, 0.05) is 43.4 Å². The maximum Gasteiger partial charge on any atom is 0.416 e. The molecule has 2 heterocycles. The number of aromatic nitrogens is 1. The molecular weight excluding hydrogens is 427 g/mol. The molecular formula is C19H19ClF3N3O2S. The van der Waals surface area contributed by atoms with Crippen LogP contribution in [0.1, 0.15) is 5.56 Å². The summed E-state index contributed by atoms with van der Waals surface area (Å²) in [6.07, 6.45) is -3.07. The number of nitrogens with one attached hydrogen (secondary N) is 1. The van der Waals surface area contributed by atoms with E-state index >= 15 is 0 Å². The molecule has 0 saturated carbocycles. The summed E-state index contributed by atoms with van der Waals surface area (Å²) < 4.78 is 65.4. The minimum atomic E-state index is -4.51. The molecule has 1 fully saturated rings. The van der Waals surface area contributed by atoms with Crippen LogP contribution in [0, 0.1) is 0 Å². The van der Waals surface area contributed by atoms with Crippen LogP contribution in [-0.2, 0) is 16.2 Å². The second-order valence-corrected chi connectivity index (χ2v) is 8.40. The lowest BCUT2D eigenvalue weighted by atomic mass is 10.2. The van der Waals surface area contributed by atoms with Crippen LogP contribution in [0.2, 0.25) is 0 Å². The first-order chi connectivity index (χ1) is 13.3. The summed E-state index contributed by atoms with van der Waals surface area (Å²) in [4.78, 5) is 2.00. The molecule has 1 saturated heterocycles. The highest BCUT2D eigenvalue weighted by molar-refractivity contribution is 7.90. The number of piperazine rings is 1. The average molecular weight is 446 g/mol. The Kier molecular flexibility index (Phi) is 5.84. The van der Waals surface area contributed by atoms with Crippen molar-refractivity contribution in [3.63, 3.8) is 0 Å². The topological polar surface area (TPSA) is 54.3 Å². The lowest BCUT2D eigenvalue weighted by Crippen LogP contribution is -2.43. The Morgan fingerprint density at radius 2 is 1.59 bits per heavy atom. The van der Waals surface area contributed by atoms with Crippen molar-refractivity contribution in [2.75, 3.05) is 31.1 Å². The molecule has 1 aromatic heterocycles. The van der Waals surface area contributed by atoms with Gasteiger partial charge >= 0.3 is 6.18 Å². The van der Waals surface area contributed by atoms with Gasteiger partial charge in [-0.25, -0.2) is 12.4 Å². The second-order valence-electron chi connectivity index (χ2n) is 6.59. The fourth-order valence-corrected chi connectivity index (χ4v) is 4.79. The third kappa shape index (κ3) is 3.94. The number of rotatable bonds is 3. The Morgan fingerprint density at radius 1 is 0.931 bits per heavy atom. The number of fused-ring (bicyclic) bond motifs is 1. The molecule has 0 unspecified atom stereocenters. The molecule has 29 heavy (non-hydrogen) atoms. The Hall–Kier alpha value is -2.23. The van der Waals surface area contributed by atoms with Gasteiger partial charge in [-0.2, -0.15) is 13.2 Å². The summed E-state index contributed by atoms with van der Waals surface area (Å²) in [6, 6.07) is 10.7. The molecule has 0 atom stereocenters. The summed E-state index contributed by atoms with van der Waals surface area (Å²) in [5, 5.41) is 4.07. The zero-order valence-electron chi connectivity index (χ0n) is 15.2. The first kappa shape index (κ1) is 21.5. The highest BCUT2D eigenvalue weighted by atomic mass is 35.5. The lowest BCUT2D eigenvalue weighted by molar-refractivity contribution is -0.137. The number of halogens is 4. The van der Waals surface area contributed by atoms with E-state index in [0.717, 1.165) is 65.5 Å². The van der Waals surface area contributed by atoms with Crippen molar-refractivity contribution in [2.24, 2.45) is 0 Å². The minimum absolute atomic E-state index is 0. The van der Waals surface area contributed by atoms with Gasteiger partial charge in [0.05, 0.1) is 16.0 Å². The number of alkyl halides is 3. The summed E-state index contributed by atoms with van der Waals surface area (Å²) in [5.74, 6) is 0. The van der Waals surface area contributed by atoms with Crippen LogP contribution < -0.4 is 10.2 Å². The smallest absolute Gasteiger partial charge is 0.368 e. The van der Waals surface area contributed by atoms with Crippen LogP contribution in [0.25, 0.3) is 10.9 Å². The average Bonchev–Trinajstić information content (AvgIpc) is 3.13. The van der Waals surface area contributed by atoms with Gasteiger partial charge in [-0.15, -0.1) is 12.4 Å². The van der Waals surface area contributed by atoms with E-state index in [1.807, 2.05) is 6.07 Å².